The number of anilines is 2. The summed E-state index contributed by atoms with van der Waals surface area (Å²) in [5.41, 5.74) is 3.81. The molecule has 1 unspecified atom stereocenters. The van der Waals surface area contributed by atoms with E-state index in [1.165, 1.54) is 6.26 Å². The molecule has 0 amide bonds. The topological polar surface area (TPSA) is 96.1 Å². The summed E-state index contributed by atoms with van der Waals surface area (Å²) in [6.45, 7) is 2.31. The smallest absolute Gasteiger partial charge is 0.239 e. The molecule has 0 spiro atoms. The minimum atomic E-state index is -1.07. The highest BCUT2D eigenvalue weighted by molar-refractivity contribution is 6.30. The fraction of sp³-hybridized carbons (Fsp3) is 0.136. The van der Waals surface area contributed by atoms with Crippen molar-refractivity contribution < 1.29 is 9.52 Å². The number of aryl methyl sites for hydroxylation is 1. The van der Waals surface area contributed by atoms with Crippen LogP contribution in [0.1, 0.15) is 23.2 Å². The van der Waals surface area contributed by atoms with Crippen LogP contribution in [-0.2, 0) is 6.54 Å². The number of aromatic nitrogens is 3. The van der Waals surface area contributed by atoms with Crippen molar-refractivity contribution in [1.82, 2.24) is 20.3 Å². The number of oxazole rings is 1. The number of hydrogen-bond acceptors (Lipinski definition) is 7. The average molecular weight is 422 g/mol. The second kappa shape index (κ2) is 9.04. The highest BCUT2D eigenvalue weighted by Gasteiger charge is 2.17. The van der Waals surface area contributed by atoms with E-state index in [0.717, 1.165) is 16.8 Å². The van der Waals surface area contributed by atoms with Gasteiger partial charge in [-0.3, -0.25) is 5.32 Å². The van der Waals surface area contributed by atoms with Crippen molar-refractivity contribution >= 4 is 23.2 Å². The Bertz CT molecular complexity index is 1130. The standard InChI is InChI=1S/C22H20ClN5O2/c1-14-11-25-22(26-17-8-3-2-4-9-17)28-19(14)18-13-30-21(27-18)20(29)24-12-15-6-5-7-16(23)10-15/h2-11,13,20,24,29H,12H2,1H3,(H,25,26,28). The molecule has 0 radical (unpaired) electrons. The van der Waals surface area contributed by atoms with Gasteiger partial charge < -0.3 is 14.8 Å². The van der Waals surface area contributed by atoms with Crippen molar-refractivity contribution in [3.63, 3.8) is 0 Å². The Balaban J connectivity index is 1.48. The summed E-state index contributed by atoms with van der Waals surface area (Å²) in [5, 5.41) is 17.1. The molecule has 0 bridgehead atoms. The second-order valence-electron chi connectivity index (χ2n) is 6.70. The molecule has 2 heterocycles. The number of aliphatic hydroxyl groups excluding tert-OH is 1. The number of rotatable bonds is 7. The maximum atomic E-state index is 10.4. The molecule has 0 saturated carbocycles. The molecule has 2 aromatic heterocycles. The zero-order valence-electron chi connectivity index (χ0n) is 16.2. The van der Waals surface area contributed by atoms with Gasteiger partial charge in [0.2, 0.25) is 11.8 Å². The summed E-state index contributed by atoms with van der Waals surface area (Å²) in [4.78, 5) is 13.3. The van der Waals surface area contributed by atoms with Crippen molar-refractivity contribution in [2.24, 2.45) is 0 Å². The summed E-state index contributed by atoms with van der Waals surface area (Å²) in [6.07, 6.45) is 2.12. The van der Waals surface area contributed by atoms with E-state index in [2.05, 4.69) is 25.6 Å². The fourth-order valence-corrected chi connectivity index (χ4v) is 3.10. The van der Waals surface area contributed by atoms with Gasteiger partial charge in [-0.2, -0.15) is 0 Å². The summed E-state index contributed by atoms with van der Waals surface area (Å²) in [6, 6.07) is 17.1. The number of para-hydroxylation sites is 1. The third kappa shape index (κ3) is 4.83. The van der Waals surface area contributed by atoms with Gasteiger partial charge in [0.1, 0.15) is 17.7 Å². The summed E-state index contributed by atoms with van der Waals surface area (Å²) >= 11 is 5.99. The van der Waals surface area contributed by atoms with Gasteiger partial charge in [-0.1, -0.05) is 41.9 Å². The molecule has 8 heteroatoms. The molecule has 0 aliphatic rings. The first-order valence-corrected chi connectivity index (χ1v) is 9.74. The SMILES string of the molecule is Cc1cnc(Nc2ccccc2)nc1-c1coc(C(O)NCc2cccc(Cl)c2)n1. The first kappa shape index (κ1) is 20.0. The molecule has 4 aromatic rings. The lowest BCUT2D eigenvalue weighted by Crippen LogP contribution is -2.20. The number of halogens is 1. The predicted molar refractivity (Wildman–Crippen MR) is 115 cm³/mol. The van der Waals surface area contributed by atoms with Crippen LogP contribution in [0, 0.1) is 6.92 Å². The third-order valence-electron chi connectivity index (χ3n) is 4.39. The molecule has 1 atom stereocenters. The van der Waals surface area contributed by atoms with Gasteiger partial charge >= 0.3 is 0 Å². The molecule has 0 saturated heterocycles. The average Bonchev–Trinajstić information content (AvgIpc) is 3.24. The highest BCUT2D eigenvalue weighted by atomic mass is 35.5. The largest absolute Gasteiger partial charge is 0.444 e. The monoisotopic (exact) mass is 421 g/mol. The van der Waals surface area contributed by atoms with Gasteiger partial charge in [-0.25, -0.2) is 15.0 Å². The lowest BCUT2D eigenvalue weighted by molar-refractivity contribution is 0.106. The zero-order chi connectivity index (χ0) is 20.9. The molecule has 0 aliphatic heterocycles. The Morgan fingerprint density at radius 3 is 2.73 bits per heavy atom. The van der Waals surface area contributed by atoms with Gasteiger partial charge in [-0.05, 0) is 42.3 Å². The molecule has 0 aliphatic carbocycles. The number of nitrogens with zero attached hydrogens (tertiary/aromatic N) is 3. The van der Waals surface area contributed by atoms with Crippen molar-refractivity contribution in [1.29, 1.82) is 0 Å². The number of hydrogen-bond donors (Lipinski definition) is 3. The molecule has 0 fully saturated rings. The van der Waals surface area contributed by atoms with E-state index in [1.807, 2.05) is 55.5 Å². The Kier molecular flexibility index (Phi) is 6.04. The maximum Gasteiger partial charge on any atom is 0.239 e. The van der Waals surface area contributed by atoms with Crippen molar-refractivity contribution in [2.75, 3.05) is 5.32 Å². The number of aliphatic hydroxyl groups is 1. The molecule has 30 heavy (non-hydrogen) atoms. The summed E-state index contributed by atoms with van der Waals surface area (Å²) in [7, 11) is 0. The summed E-state index contributed by atoms with van der Waals surface area (Å²) < 4.78 is 5.48. The third-order valence-corrected chi connectivity index (χ3v) is 4.62. The lowest BCUT2D eigenvalue weighted by atomic mass is 10.2. The van der Waals surface area contributed by atoms with Gasteiger partial charge in [0.25, 0.3) is 0 Å². The van der Waals surface area contributed by atoms with Crippen LogP contribution < -0.4 is 10.6 Å². The predicted octanol–water partition coefficient (Wildman–Crippen LogP) is 4.62. The molecular weight excluding hydrogens is 402 g/mol. The van der Waals surface area contributed by atoms with E-state index in [9.17, 15) is 5.11 Å². The zero-order valence-corrected chi connectivity index (χ0v) is 17.0. The van der Waals surface area contributed by atoms with E-state index < -0.39 is 6.23 Å². The van der Waals surface area contributed by atoms with E-state index in [0.29, 0.717) is 28.9 Å². The van der Waals surface area contributed by atoms with Crippen molar-refractivity contribution in [2.45, 2.75) is 19.7 Å². The van der Waals surface area contributed by atoms with Crippen LogP contribution in [0.15, 0.2) is 71.5 Å². The second-order valence-corrected chi connectivity index (χ2v) is 7.14. The van der Waals surface area contributed by atoms with Gasteiger partial charge in [-0.15, -0.1) is 0 Å². The molecule has 3 N–H and O–H groups in total. The normalized spacial score (nSPS) is 12.0. The number of benzene rings is 2. The minimum absolute atomic E-state index is 0.155. The molecule has 4 rings (SSSR count). The number of nitrogens with one attached hydrogen (secondary N) is 2. The first-order valence-electron chi connectivity index (χ1n) is 9.36. The molecule has 152 valence electrons. The first-order chi connectivity index (χ1) is 14.6. The van der Waals surface area contributed by atoms with E-state index >= 15 is 0 Å². The van der Waals surface area contributed by atoms with Crippen LogP contribution in [0.2, 0.25) is 5.02 Å². The van der Waals surface area contributed by atoms with Gasteiger partial charge in [0.15, 0.2) is 6.23 Å². The van der Waals surface area contributed by atoms with Crippen LogP contribution in [0.5, 0.6) is 0 Å². The van der Waals surface area contributed by atoms with Gasteiger partial charge in [0.05, 0.1) is 0 Å². The highest BCUT2D eigenvalue weighted by Crippen LogP contribution is 2.24. The van der Waals surface area contributed by atoms with Crippen LogP contribution in [0.25, 0.3) is 11.4 Å². The Hall–Kier alpha value is -3.26. The van der Waals surface area contributed by atoms with Crippen molar-refractivity contribution in [3.8, 4) is 11.4 Å². The van der Waals surface area contributed by atoms with Crippen LogP contribution in [0.4, 0.5) is 11.6 Å². The summed E-state index contributed by atoms with van der Waals surface area (Å²) in [5.74, 6) is 0.605. The van der Waals surface area contributed by atoms with Gasteiger partial charge in [0, 0.05) is 23.5 Å². The molecule has 7 nitrogen and oxygen atoms in total. The Morgan fingerprint density at radius 2 is 1.93 bits per heavy atom. The van der Waals surface area contributed by atoms with Crippen LogP contribution in [0.3, 0.4) is 0 Å². The quantitative estimate of drug-likeness (QED) is 0.375. The van der Waals surface area contributed by atoms with E-state index in [1.54, 1.807) is 12.3 Å². The Labute approximate surface area is 178 Å². The molecule has 2 aromatic carbocycles. The molecular formula is C22H20ClN5O2. The lowest BCUT2D eigenvalue weighted by Gasteiger charge is -2.09. The maximum absolute atomic E-state index is 10.4. The minimum Gasteiger partial charge on any atom is -0.444 e. The fourth-order valence-electron chi connectivity index (χ4n) is 2.88. The Morgan fingerprint density at radius 1 is 1.10 bits per heavy atom. The van der Waals surface area contributed by atoms with E-state index in [-0.39, 0.29) is 5.89 Å². The van der Waals surface area contributed by atoms with Crippen LogP contribution >= 0.6 is 11.6 Å². The van der Waals surface area contributed by atoms with Crippen LogP contribution in [-0.4, -0.2) is 20.1 Å². The van der Waals surface area contributed by atoms with E-state index in [4.69, 9.17) is 16.0 Å². The van der Waals surface area contributed by atoms with Crippen molar-refractivity contribution in [3.05, 3.63) is 89.1 Å².